The summed E-state index contributed by atoms with van der Waals surface area (Å²) in [6.07, 6.45) is 1.46. The van der Waals surface area contributed by atoms with E-state index < -0.39 is 12.0 Å². The third kappa shape index (κ3) is 3.25. The molecule has 0 saturated carbocycles. The van der Waals surface area contributed by atoms with Crippen LogP contribution in [0.3, 0.4) is 0 Å². The zero-order valence-electron chi connectivity index (χ0n) is 10.6. The molecule has 1 rings (SSSR count). The summed E-state index contributed by atoms with van der Waals surface area (Å²) in [5, 5.41) is 6.55. The largest absolute Gasteiger partial charge is 0.464 e. The van der Waals surface area contributed by atoms with Gasteiger partial charge in [-0.3, -0.25) is 9.48 Å². The average Bonchev–Trinajstić information content (AvgIpc) is 2.67. The van der Waals surface area contributed by atoms with Crippen molar-refractivity contribution >= 4 is 24.5 Å². The molecule has 1 atom stereocenters. The summed E-state index contributed by atoms with van der Waals surface area (Å²) in [5.41, 5.74) is 1.17. The van der Waals surface area contributed by atoms with Gasteiger partial charge < -0.3 is 10.1 Å². The van der Waals surface area contributed by atoms with Gasteiger partial charge in [0, 0.05) is 18.5 Å². The number of hydrogen-bond acceptors (Lipinski definition) is 5. The van der Waals surface area contributed by atoms with Crippen molar-refractivity contribution in [1.29, 1.82) is 0 Å². The number of rotatable bonds is 5. The van der Waals surface area contributed by atoms with Crippen LogP contribution in [0.5, 0.6) is 0 Å². The van der Waals surface area contributed by atoms with E-state index in [1.54, 1.807) is 25.6 Å². The molecule has 7 heteroatoms. The van der Waals surface area contributed by atoms with E-state index in [1.165, 1.54) is 6.20 Å². The molecule has 1 heterocycles. The Bertz CT molecular complexity index is 445. The summed E-state index contributed by atoms with van der Waals surface area (Å²) in [7, 11) is 1.74. The number of carbonyl (C=O) groups excluding carboxylic acids is 2. The van der Waals surface area contributed by atoms with E-state index in [1.807, 2.05) is 0 Å². The maximum absolute atomic E-state index is 12.0. The molecule has 0 radical (unpaired) electrons. The van der Waals surface area contributed by atoms with Crippen LogP contribution < -0.4 is 5.32 Å². The van der Waals surface area contributed by atoms with E-state index >= 15 is 0 Å². The second-order valence-electron chi connectivity index (χ2n) is 3.73. The van der Waals surface area contributed by atoms with Crippen molar-refractivity contribution < 1.29 is 14.3 Å². The van der Waals surface area contributed by atoms with Gasteiger partial charge in [-0.15, -0.1) is 0 Å². The normalized spacial score (nSPS) is 12.0. The lowest BCUT2D eigenvalue weighted by Gasteiger charge is -2.14. The number of aromatic nitrogens is 2. The second-order valence-corrected chi connectivity index (χ2v) is 4.09. The molecule has 0 aliphatic carbocycles. The maximum atomic E-state index is 12.0. The van der Waals surface area contributed by atoms with Gasteiger partial charge in [0.25, 0.3) is 5.91 Å². The Kier molecular flexibility index (Phi) is 5.21. The fraction of sp³-hybridized carbons (Fsp3) is 0.545. The molecule has 0 saturated heterocycles. The molecule has 0 fully saturated rings. The smallest absolute Gasteiger partial charge is 0.329 e. The molecule has 1 N–H and O–H groups in total. The Labute approximate surface area is 111 Å². The van der Waals surface area contributed by atoms with Crippen LogP contribution in [0.15, 0.2) is 6.20 Å². The Balaban J connectivity index is 2.74. The number of ether oxygens (including phenoxy) is 1. The topological polar surface area (TPSA) is 73.2 Å². The first-order valence-corrected chi connectivity index (χ1v) is 6.21. The summed E-state index contributed by atoms with van der Waals surface area (Å²) in [4.78, 5) is 23.5. The zero-order chi connectivity index (χ0) is 13.7. The molecular formula is C11H17N3O3S. The lowest BCUT2D eigenvalue weighted by atomic mass is 10.2. The standard InChI is InChI=1S/C11H17N3O3S/c1-4-17-11(16)9(6-18)13-10(15)8-5-12-14(3)7(8)2/h5,9,18H,4,6H2,1-3H3,(H,13,15)/t9-/m0/s1. The van der Waals surface area contributed by atoms with Gasteiger partial charge in [-0.25, -0.2) is 4.79 Å². The zero-order valence-corrected chi connectivity index (χ0v) is 11.5. The maximum Gasteiger partial charge on any atom is 0.329 e. The summed E-state index contributed by atoms with van der Waals surface area (Å²) in [5.74, 6) is -0.653. The van der Waals surface area contributed by atoms with Crippen LogP contribution in [0.1, 0.15) is 23.0 Å². The van der Waals surface area contributed by atoms with Crippen molar-refractivity contribution in [2.45, 2.75) is 19.9 Å². The highest BCUT2D eigenvalue weighted by molar-refractivity contribution is 7.80. The molecule has 0 aromatic carbocycles. The number of esters is 1. The Morgan fingerprint density at radius 1 is 1.61 bits per heavy atom. The minimum Gasteiger partial charge on any atom is -0.464 e. The minimum absolute atomic E-state index is 0.184. The molecule has 0 spiro atoms. The van der Waals surface area contributed by atoms with Gasteiger partial charge in [0.2, 0.25) is 0 Å². The lowest BCUT2D eigenvalue weighted by molar-refractivity contribution is -0.144. The summed E-state index contributed by atoms with van der Waals surface area (Å²) in [6, 6.07) is -0.750. The van der Waals surface area contributed by atoms with E-state index in [4.69, 9.17) is 4.74 Å². The van der Waals surface area contributed by atoms with Gasteiger partial charge in [-0.05, 0) is 13.8 Å². The number of nitrogens with one attached hydrogen (secondary N) is 1. The number of amides is 1. The van der Waals surface area contributed by atoms with Crippen molar-refractivity contribution in [3.05, 3.63) is 17.5 Å². The second kappa shape index (κ2) is 6.44. The SMILES string of the molecule is CCOC(=O)[C@H](CS)NC(=O)c1cnn(C)c1C. The molecule has 0 aliphatic rings. The quantitative estimate of drug-likeness (QED) is 0.597. The number of aryl methyl sites for hydroxylation is 1. The van der Waals surface area contributed by atoms with Crippen molar-refractivity contribution in [3.63, 3.8) is 0 Å². The molecule has 0 aliphatic heterocycles. The van der Waals surface area contributed by atoms with Crippen molar-refractivity contribution in [2.75, 3.05) is 12.4 Å². The number of carbonyl (C=O) groups is 2. The van der Waals surface area contributed by atoms with E-state index in [-0.39, 0.29) is 18.3 Å². The lowest BCUT2D eigenvalue weighted by Crippen LogP contribution is -2.43. The number of nitrogens with zero attached hydrogens (tertiary/aromatic N) is 2. The van der Waals surface area contributed by atoms with Gasteiger partial charge >= 0.3 is 5.97 Å². The average molecular weight is 271 g/mol. The van der Waals surface area contributed by atoms with Crippen LogP contribution in [0.4, 0.5) is 0 Å². The first kappa shape index (κ1) is 14.6. The van der Waals surface area contributed by atoms with Crippen molar-refractivity contribution in [2.24, 2.45) is 7.05 Å². The molecule has 0 unspecified atom stereocenters. The number of thiol groups is 1. The van der Waals surface area contributed by atoms with Crippen LogP contribution in [-0.2, 0) is 16.6 Å². The Hall–Kier alpha value is -1.50. The van der Waals surface area contributed by atoms with E-state index in [9.17, 15) is 9.59 Å². The monoisotopic (exact) mass is 271 g/mol. The first-order chi connectivity index (χ1) is 8.51. The third-order valence-electron chi connectivity index (χ3n) is 2.54. The summed E-state index contributed by atoms with van der Waals surface area (Å²) >= 11 is 4.03. The Morgan fingerprint density at radius 3 is 2.72 bits per heavy atom. The Morgan fingerprint density at radius 2 is 2.28 bits per heavy atom. The molecule has 0 bridgehead atoms. The van der Waals surface area contributed by atoms with Gasteiger partial charge in [-0.1, -0.05) is 0 Å². The van der Waals surface area contributed by atoms with Crippen molar-refractivity contribution in [1.82, 2.24) is 15.1 Å². The van der Waals surface area contributed by atoms with Crippen LogP contribution in [0.25, 0.3) is 0 Å². The van der Waals surface area contributed by atoms with Crippen LogP contribution in [0.2, 0.25) is 0 Å². The molecule has 6 nitrogen and oxygen atoms in total. The fourth-order valence-corrected chi connectivity index (χ4v) is 1.62. The fourth-order valence-electron chi connectivity index (χ4n) is 1.38. The van der Waals surface area contributed by atoms with Gasteiger partial charge in [0.05, 0.1) is 18.4 Å². The highest BCUT2D eigenvalue weighted by atomic mass is 32.1. The summed E-state index contributed by atoms with van der Waals surface area (Å²) < 4.78 is 6.44. The van der Waals surface area contributed by atoms with Crippen LogP contribution in [-0.4, -0.2) is 40.1 Å². The molecule has 18 heavy (non-hydrogen) atoms. The van der Waals surface area contributed by atoms with Crippen LogP contribution in [0, 0.1) is 6.92 Å². The van der Waals surface area contributed by atoms with Gasteiger partial charge in [-0.2, -0.15) is 17.7 Å². The third-order valence-corrected chi connectivity index (χ3v) is 2.90. The molecule has 100 valence electrons. The molecule has 1 aromatic rings. The van der Waals surface area contributed by atoms with E-state index in [0.717, 1.165) is 5.69 Å². The predicted octanol–water partition coefficient (Wildman–Crippen LogP) is 0.320. The van der Waals surface area contributed by atoms with Gasteiger partial charge in [0.15, 0.2) is 0 Å². The first-order valence-electron chi connectivity index (χ1n) is 5.58. The number of hydrogen-bond donors (Lipinski definition) is 2. The van der Waals surface area contributed by atoms with Crippen LogP contribution >= 0.6 is 12.6 Å². The predicted molar refractivity (Wildman–Crippen MR) is 69.7 cm³/mol. The highest BCUT2D eigenvalue weighted by Gasteiger charge is 2.22. The molecule has 1 amide bonds. The highest BCUT2D eigenvalue weighted by Crippen LogP contribution is 2.06. The van der Waals surface area contributed by atoms with E-state index in [0.29, 0.717) is 5.56 Å². The molecular weight excluding hydrogens is 254 g/mol. The van der Waals surface area contributed by atoms with Crippen molar-refractivity contribution in [3.8, 4) is 0 Å². The molecule has 1 aromatic heterocycles. The van der Waals surface area contributed by atoms with Gasteiger partial charge in [0.1, 0.15) is 6.04 Å². The minimum atomic E-state index is -0.750. The summed E-state index contributed by atoms with van der Waals surface area (Å²) in [6.45, 7) is 3.76. The van der Waals surface area contributed by atoms with E-state index in [2.05, 4.69) is 23.0 Å².